The lowest BCUT2D eigenvalue weighted by atomic mass is 9.67. The third kappa shape index (κ3) is 5.67. The quantitative estimate of drug-likeness (QED) is 0.678. The minimum atomic E-state index is -0.578. The highest BCUT2D eigenvalue weighted by molar-refractivity contribution is 5.91. The standard InChI is InChI=1S/C22H33N3O3.2ClH/c1-15-6-7-18-16(14-15)22(2)10-8-17(26)20(21(22)28-18)23-19(27)9-11-25(5)13-12-24(3)4;;/h6-7,14,20-21H,8-13H2,1-5H3,(H,23,27);2*1H/t20-,21-,22-;;/m1../s1. The normalized spacial score (nSPS) is 24.4. The van der Waals surface area contributed by atoms with E-state index in [0.29, 0.717) is 19.4 Å². The highest BCUT2D eigenvalue weighted by atomic mass is 35.5. The molecule has 1 amide bonds. The van der Waals surface area contributed by atoms with Gasteiger partial charge in [0.2, 0.25) is 5.91 Å². The monoisotopic (exact) mass is 459 g/mol. The molecular weight excluding hydrogens is 425 g/mol. The summed E-state index contributed by atoms with van der Waals surface area (Å²) in [4.78, 5) is 29.5. The van der Waals surface area contributed by atoms with E-state index in [1.807, 2.05) is 33.3 Å². The highest BCUT2D eigenvalue weighted by Gasteiger charge is 2.54. The van der Waals surface area contributed by atoms with Crippen molar-refractivity contribution in [2.24, 2.45) is 0 Å². The van der Waals surface area contributed by atoms with E-state index in [1.165, 1.54) is 5.56 Å². The summed E-state index contributed by atoms with van der Waals surface area (Å²) in [5, 5.41) is 2.98. The zero-order valence-corrected chi connectivity index (χ0v) is 20.2. The molecule has 2 aliphatic rings. The Kier molecular flexibility index (Phi) is 9.61. The summed E-state index contributed by atoms with van der Waals surface area (Å²) in [6.07, 6.45) is 1.27. The second-order valence-electron chi connectivity index (χ2n) is 8.82. The molecule has 170 valence electrons. The van der Waals surface area contributed by atoms with Crippen molar-refractivity contribution in [3.63, 3.8) is 0 Å². The van der Waals surface area contributed by atoms with Gasteiger partial charge in [0.15, 0.2) is 5.78 Å². The third-order valence-electron chi connectivity index (χ3n) is 6.14. The summed E-state index contributed by atoms with van der Waals surface area (Å²) in [7, 11) is 6.08. The minimum Gasteiger partial charge on any atom is -0.487 e. The molecule has 3 atom stereocenters. The number of benzene rings is 1. The SMILES string of the molecule is Cc1ccc2c(c1)[C@@]1(C)CCC(=O)[C@@H](NC(=O)CCN(C)CCN(C)C)[C@H]1O2.Cl.Cl. The first kappa shape index (κ1) is 26.7. The van der Waals surface area contributed by atoms with Crippen LogP contribution in [0.4, 0.5) is 0 Å². The van der Waals surface area contributed by atoms with Gasteiger partial charge in [-0.15, -0.1) is 24.8 Å². The number of carbonyl (C=O) groups excluding carboxylic acids is 2. The van der Waals surface area contributed by atoms with Crippen molar-refractivity contribution in [2.45, 2.75) is 50.7 Å². The molecule has 1 aliphatic carbocycles. The van der Waals surface area contributed by atoms with E-state index in [1.54, 1.807) is 0 Å². The summed E-state index contributed by atoms with van der Waals surface area (Å²) in [5.74, 6) is 0.826. The fraction of sp³-hybridized carbons (Fsp3) is 0.636. The Labute approximate surface area is 192 Å². The Morgan fingerprint density at radius 1 is 1.20 bits per heavy atom. The van der Waals surface area contributed by atoms with Crippen LogP contribution in [0.1, 0.15) is 37.3 Å². The van der Waals surface area contributed by atoms with Crippen molar-refractivity contribution in [3.05, 3.63) is 29.3 Å². The van der Waals surface area contributed by atoms with Crippen molar-refractivity contribution in [2.75, 3.05) is 40.8 Å². The van der Waals surface area contributed by atoms with E-state index in [2.05, 4.69) is 35.0 Å². The highest BCUT2D eigenvalue weighted by Crippen LogP contribution is 2.49. The average molecular weight is 460 g/mol. The molecule has 0 bridgehead atoms. The number of hydrogen-bond donors (Lipinski definition) is 1. The molecule has 1 heterocycles. The van der Waals surface area contributed by atoms with Gasteiger partial charge in [-0.3, -0.25) is 9.59 Å². The molecule has 1 fully saturated rings. The Morgan fingerprint density at radius 2 is 1.90 bits per heavy atom. The fourth-order valence-corrected chi connectivity index (χ4v) is 4.21. The number of likely N-dealkylation sites (N-methyl/N-ethyl adjacent to an activating group) is 2. The van der Waals surface area contributed by atoms with Crippen molar-refractivity contribution in [3.8, 4) is 5.75 Å². The molecular formula is C22H35Cl2N3O3. The van der Waals surface area contributed by atoms with Gasteiger partial charge in [-0.2, -0.15) is 0 Å². The summed E-state index contributed by atoms with van der Waals surface area (Å²) in [6, 6.07) is 5.59. The molecule has 1 N–H and O–H groups in total. The molecule has 6 nitrogen and oxygen atoms in total. The molecule has 0 aromatic heterocycles. The molecule has 3 rings (SSSR count). The van der Waals surface area contributed by atoms with Gasteiger partial charge in [-0.1, -0.05) is 24.6 Å². The fourth-order valence-electron chi connectivity index (χ4n) is 4.21. The van der Waals surface area contributed by atoms with Crippen molar-refractivity contribution < 1.29 is 14.3 Å². The summed E-state index contributed by atoms with van der Waals surface area (Å²) >= 11 is 0. The van der Waals surface area contributed by atoms with Gasteiger partial charge in [0.1, 0.15) is 17.9 Å². The van der Waals surface area contributed by atoms with E-state index in [9.17, 15) is 9.59 Å². The maximum Gasteiger partial charge on any atom is 0.221 e. The van der Waals surface area contributed by atoms with E-state index < -0.39 is 6.04 Å². The number of rotatable bonds is 7. The number of amides is 1. The molecule has 0 spiro atoms. The third-order valence-corrected chi connectivity index (χ3v) is 6.14. The smallest absolute Gasteiger partial charge is 0.221 e. The van der Waals surface area contributed by atoms with Gasteiger partial charge < -0.3 is 19.9 Å². The van der Waals surface area contributed by atoms with Crippen LogP contribution in [-0.4, -0.2) is 74.4 Å². The number of ketones is 1. The van der Waals surface area contributed by atoms with Crippen LogP contribution >= 0.6 is 24.8 Å². The van der Waals surface area contributed by atoms with Crippen LogP contribution in [0.2, 0.25) is 0 Å². The molecule has 30 heavy (non-hydrogen) atoms. The van der Waals surface area contributed by atoms with Crippen molar-refractivity contribution in [1.29, 1.82) is 0 Å². The molecule has 1 aromatic rings. The van der Waals surface area contributed by atoms with E-state index in [-0.39, 0.29) is 48.0 Å². The maximum absolute atomic E-state index is 12.6. The zero-order valence-electron chi connectivity index (χ0n) is 18.6. The first-order chi connectivity index (χ1) is 13.2. The predicted octanol–water partition coefficient (Wildman–Crippen LogP) is 2.59. The molecule has 0 saturated heterocycles. The second kappa shape index (κ2) is 10.8. The summed E-state index contributed by atoms with van der Waals surface area (Å²) in [5.41, 5.74) is 2.10. The first-order valence-corrected chi connectivity index (χ1v) is 10.1. The van der Waals surface area contributed by atoms with Gasteiger partial charge >= 0.3 is 0 Å². The van der Waals surface area contributed by atoms with Gasteiger partial charge in [-0.25, -0.2) is 0 Å². The van der Waals surface area contributed by atoms with Crippen LogP contribution < -0.4 is 10.1 Å². The number of hydrogen-bond acceptors (Lipinski definition) is 5. The van der Waals surface area contributed by atoms with Gasteiger partial charge in [0.05, 0.1) is 0 Å². The number of aryl methyl sites for hydroxylation is 1. The molecule has 1 saturated carbocycles. The second-order valence-corrected chi connectivity index (χ2v) is 8.82. The Bertz CT molecular complexity index is 759. The Balaban J connectivity index is 0.00000225. The first-order valence-electron chi connectivity index (χ1n) is 10.1. The van der Waals surface area contributed by atoms with Crippen LogP contribution in [0, 0.1) is 6.92 Å². The Morgan fingerprint density at radius 3 is 2.57 bits per heavy atom. The lowest BCUT2D eigenvalue weighted by Crippen LogP contribution is -2.59. The molecule has 1 aliphatic heterocycles. The van der Waals surface area contributed by atoms with Crippen LogP contribution in [0.5, 0.6) is 5.75 Å². The predicted molar refractivity (Wildman–Crippen MR) is 124 cm³/mol. The number of Topliss-reactive ketones (excluding diaryl/α,β-unsaturated/α-hetero) is 1. The lowest BCUT2D eigenvalue weighted by molar-refractivity contribution is -0.133. The van der Waals surface area contributed by atoms with Gasteiger partial charge in [0.25, 0.3) is 0 Å². The van der Waals surface area contributed by atoms with E-state index in [4.69, 9.17) is 4.74 Å². The number of nitrogens with one attached hydrogen (secondary N) is 1. The van der Waals surface area contributed by atoms with Crippen molar-refractivity contribution >= 4 is 36.5 Å². The lowest BCUT2D eigenvalue weighted by Gasteiger charge is -2.39. The Hall–Kier alpha value is -1.34. The molecule has 0 radical (unpaired) electrons. The summed E-state index contributed by atoms with van der Waals surface area (Å²) < 4.78 is 6.19. The topological polar surface area (TPSA) is 61.9 Å². The number of carbonyl (C=O) groups is 2. The van der Waals surface area contributed by atoms with Crippen LogP contribution in [0.3, 0.4) is 0 Å². The number of nitrogens with zero attached hydrogens (tertiary/aromatic N) is 2. The molecule has 8 heteroatoms. The number of fused-ring (bicyclic) bond motifs is 3. The van der Waals surface area contributed by atoms with E-state index >= 15 is 0 Å². The van der Waals surface area contributed by atoms with Gasteiger partial charge in [-0.05, 0) is 40.6 Å². The zero-order chi connectivity index (χ0) is 20.5. The maximum atomic E-state index is 12.6. The number of halogens is 2. The van der Waals surface area contributed by atoms with Gasteiger partial charge in [0, 0.05) is 43.5 Å². The van der Waals surface area contributed by atoms with E-state index in [0.717, 1.165) is 30.8 Å². The minimum absolute atomic E-state index is 0. The largest absolute Gasteiger partial charge is 0.487 e. The number of ether oxygens (including phenoxy) is 1. The molecule has 1 aromatic carbocycles. The summed E-state index contributed by atoms with van der Waals surface area (Å²) in [6.45, 7) is 6.75. The average Bonchev–Trinajstić information content (AvgIpc) is 2.93. The molecule has 0 unspecified atom stereocenters. The van der Waals surface area contributed by atoms with Crippen LogP contribution in [-0.2, 0) is 15.0 Å². The van der Waals surface area contributed by atoms with Crippen LogP contribution in [0.25, 0.3) is 0 Å². The van der Waals surface area contributed by atoms with Crippen LogP contribution in [0.15, 0.2) is 18.2 Å². The van der Waals surface area contributed by atoms with Crippen molar-refractivity contribution in [1.82, 2.24) is 15.1 Å².